The molecule has 2 aliphatic rings. The first-order chi connectivity index (χ1) is 5.38. The van der Waals surface area contributed by atoms with Gasteiger partial charge in [0.2, 0.25) is 0 Å². The Morgan fingerprint density at radius 1 is 1.45 bits per heavy atom. The summed E-state index contributed by atoms with van der Waals surface area (Å²) >= 11 is 0. The number of nitrogens with one attached hydrogen (secondary N) is 2. The summed E-state index contributed by atoms with van der Waals surface area (Å²) in [6.07, 6.45) is 4.65. The minimum absolute atomic E-state index is 0.0731. The van der Waals surface area contributed by atoms with Crippen molar-refractivity contribution in [3.8, 4) is 0 Å². The second-order valence-electron chi connectivity index (χ2n) is 2.74. The van der Waals surface area contributed by atoms with Gasteiger partial charge in [-0.25, -0.2) is 0 Å². The lowest BCUT2D eigenvalue weighted by Crippen LogP contribution is -2.34. The third kappa shape index (κ3) is 1.02. The summed E-state index contributed by atoms with van der Waals surface area (Å²) in [5, 5.41) is 5.89. The summed E-state index contributed by atoms with van der Waals surface area (Å²) in [6, 6.07) is 0. The van der Waals surface area contributed by atoms with Crippen LogP contribution in [0.15, 0.2) is 23.4 Å². The number of hydrogen-bond donors (Lipinski definition) is 2. The lowest BCUT2D eigenvalue weighted by atomic mass is 9.99. The molecule has 2 heterocycles. The first-order valence-electron chi connectivity index (χ1n) is 3.78. The molecule has 0 aromatic carbocycles. The van der Waals surface area contributed by atoms with Crippen LogP contribution in [0.2, 0.25) is 0 Å². The third-order valence-corrected chi connectivity index (χ3v) is 2.02. The Bertz CT molecular complexity index is 253. The second-order valence-corrected chi connectivity index (χ2v) is 2.74. The van der Waals surface area contributed by atoms with Gasteiger partial charge in [-0.3, -0.25) is 4.79 Å². The molecule has 3 heteroatoms. The van der Waals surface area contributed by atoms with Gasteiger partial charge in [0.05, 0.1) is 0 Å². The molecular weight excluding hydrogens is 140 g/mol. The molecule has 0 fully saturated rings. The largest absolute Gasteiger partial charge is 0.387 e. The van der Waals surface area contributed by atoms with Crippen molar-refractivity contribution in [2.24, 2.45) is 0 Å². The van der Waals surface area contributed by atoms with Gasteiger partial charge in [0.1, 0.15) is 0 Å². The average molecular weight is 150 g/mol. The zero-order chi connectivity index (χ0) is 7.68. The van der Waals surface area contributed by atoms with E-state index in [4.69, 9.17) is 0 Å². The predicted octanol–water partition coefficient (Wildman–Crippen LogP) is -0.0802. The van der Waals surface area contributed by atoms with Gasteiger partial charge in [0.25, 0.3) is 5.91 Å². The van der Waals surface area contributed by atoms with E-state index in [2.05, 4.69) is 10.6 Å². The summed E-state index contributed by atoms with van der Waals surface area (Å²) < 4.78 is 0. The Labute approximate surface area is 65.2 Å². The van der Waals surface area contributed by atoms with Crippen LogP contribution in [0, 0.1) is 0 Å². The Hall–Kier alpha value is -1.25. The Kier molecular flexibility index (Phi) is 1.42. The first-order valence-corrected chi connectivity index (χ1v) is 3.78. The molecule has 0 aromatic rings. The van der Waals surface area contributed by atoms with E-state index in [1.54, 1.807) is 0 Å². The highest BCUT2D eigenvalue weighted by atomic mass is 16.1. The van der Waals surface area contributed by atoms with Crippen molar-refractivity contribution < 1.29 is 4.79 Å². The molecule has 0 atom stereocenters. The van der Waals surface area contributed by atoms with Gasteiger partial charge in [-0.1, -0.05) is 0 Å². The van der Waals surface area contributed by atoms with E-state index in [0.717, 1.165) is 25.1 Å². The van der Waals surface area contributed by atoms with Gasteiger partial charge >= 0.3 is 0 Å². The standard InChI is InChI=1S/C8H10N2O/c11-8-7-2-3-9-5-6(7)1-4-10-8/h2-3,9H,1,4-5H2,(H,10,11). The maximum absolute atomic E-state index is 11.2. The van der Waals surface area contributed by atoms with E-state index < -0.39 is 0 Å². The van der Waals surface area contributed by atoms with Crippen LogP contribution in [-0.2, 0) is 4.79 Å². The van der Waals surface area contributed by atoms with Crippen LogP contribution < -0.4 is 10.6 Å². The van der Waals surface area contributed by atoms with E-state index in [1.165, 1.54) is 5.57 Å². The lowest BCUT2D eigenvalue weighted by Gasteiger charge is -2.21. The number of hydrogen-bond acceptors (Lipinski definition) is 2. The van der Waals surface area contributed by atoms with Crippen LogP contribution in [0.3, 0.4) is 0 Å². The highest BCUT2D eigenvalue weighted by Gasteiger charge is 2.18. The fourth-order valence-electron chi connectivity index (χ4n) is 1.42. The maximum Gasteiger partial charge on any atom is 0.251 e. The normalized spacial score (nSPS) is 22.4. The van der Waals surface area contributed by atoms with Crippen molar-refractivity contribution in [3.05, 3.63) is 23.4 Å². The van der Waals surface area contributed by atoms with Crippen molar-refractivity contribution >= 4 is 5.91 Å². The molecule has 0 saturated heterocycles. The van der Waals surface area contributed by atoms with Gasteiger partial charge in [0, 0.05) is 18.7 Å². The quantitative estimate of drug-likeness (QED) is 0.507. The number of dihydropyridines is 1. The monoisotopic (exact) mass is 150 g/mol. The van der Waals surface area contributed by atoms with Crippen molar-refractivity contribution in [1.82, 2.24) is 10.6 Å². The van der Waals surface area contributed by atoms with Crippen LogP contribution >= 0.6 is 0 Å². The molecule has 0 aliphatic carbocycles. The van der Waals surface area contributed by atoms with Gasteiger partial charge in [-0.15, -0.1) is 0 Å². The highest BCUT2D eigenvalue weighted by molar-refractivity contribution is 5.98. The van der Waals surface area contributed by atoms with Crippen molar-refractivity contribution in [3.63, 3.8) is 0 Å². The van der Waals surface area contributed by atoms with Gasteiger partial charge < -0.3 is 10.6 Å². The van der Waals surface area contributed by atoms with E-state index in [9.17, 15) is 4.79 Å². The Morgan fingerprint density at radius 3 is 3.18 bits per heavy atom. The fraction of sp³-hybridized carbons (Fsp3) is 0.375. The van der Waals surface area contributed by atoms with E-state index >= 15 is 0 Å². The molecule has 0 unspecified atom stereocenters. The zero-order valence-corrected chi connectivity index (χ0v) is 6.18. The lowest BCUT2D eigenvalue weighted by molar-refractivity contribution is -0.117. The fourth-order valence-corrected chi connectivity index (χ4v) is 1.42. The summed E-state index contributed by atoms with van der Waals surface area (Å²) in [7, 11) is 0. The summed E-state index contributed by atoms with van der Waals surface area (Å²) in [5.41, 5.74) is 2.09. The van der Waals surface area contributed by atoms with E-state index in [-0.39, 0.29) is 5.91 Å². The first kappa shape index (κ1) is 6.46. The molecule has 2 rings (SSSR count). The smallest absolute Gasteiger partial charge is 0.251 e. The number of amides is 1. The molecule has 0 spiro atoms. The van der Waals surface area contributed by atoms with Crippen LogP contribution in [0.5, 0.6) is 0 Å². The molecule has 0 bridgehead atoms. The van der Waals surface area contributed by atoms with E-state index in [1.807, 2.05) is 12.3 Å². The summed E-state index contributed by atoms with van der Waals surface area (Å²) in [4.78, 5) is 11.2. The molecule has 0 aromatic heterocycles. The topological polar surface area (TPSA) is 41.1 Å². The molecule has 0 saturated carbocycles. The molecular formula is C8H10N2O. The number of carbonyl (C=O) groups excluding carboxylic acids is 1. The maximum atomic E-state index is 11.2. The average Bonchev–Trinajstić information content (AvgIpc) is 2.06. The second kappa shape index (κ2) is 2.42. The van der Waals surface area contributed by atoms with E-state index in [0.29, 0.717) is 0 Å². The number of rotatable bonds is 0. The minimum atomic E-state index is 0.0731. The van der Waals surface area contributed by atoms with Gasteiger partial charge in [-0.2, -0.15) is 0 Å². The Balaban J connectivity index is 2.35. The van der Waals surface area contributed by atoms with Crippen LogP contribution in [0.4, 0.5) is 0 Å². The third-order valence-electron chi connectivity index (χ3n) is 2.02. The molecule has 58 valence electrons. The van der Waals surface area contributed by atoms with Gasteiger partial charge in [-0.05, 0) is 24.3 Å². The Morgan fingerprint density at radius 2 is 2.36 bits per heavy atom. The zero-order valence-electron chi connectivity index (χ0n) is 6.18. The van der Waals surface area contributed by atoms with Crippen LogP contribution in [-0.4, -0.2) is 19.0 Å². The molecule has 2 aliphatic heterocycles. The van der Waals surface area contributed by atoms with Crippen molar-refractivity contribution in [1.29, 1.82) is 0 Å². The van der Waals surface area contributed by atoms with Crippen molar-refractivity contribution in [2.45, 2.75) is 6.42 Å². The SMILES string of the molecule is O=C1NCCC2=C1C=CNC2. The van der Waals surface area contributed by atoms with Crippen LogP contribution in [0.1, 0.15) is 6.42 Å². The molecule has 1 amide bonds. The minimum Gasteiger partial charge on any atom is -0.387 e. The molecule has 3 nitrogen and oxygen atoms in total. The van der Waals surface area contributed by atoms with Crippen LogP contribution in [0.25, 0.3) is 0 Å². The molecule has 11 heavy (non-hydrogen) atoms. The number of carbonyl (C=O) groups is 1. The highest BCUT2D eigenvalue weighted by Crippen LogP contribution is 2.16. The molecule has 2 N–H and O–H groups in total. The van der Waals surface area contributed by atoms with Crippen molar-refractivity contribution in [2.75, 3.05) is 13.1 Å². The summed E-state index contributed by atoms with van der Waals surface area (Å²) in [5.74, 6) is 0.0731. The summed E-state index contributed by atoms with van der Waals surface area (Å²) in [6.45, 7) is 1.62. The predicted molar refractivity (Wildman–Crippen MR) is 41.8 cm³/mol. The molecule has 0 radical (unpaired) electrons. The van der Waals surface area contributed by atoms with Gasteiger partial charge in [0.15, 0.2) is 0 Å².